The topological polar surface area (TPSA) is 82.8 Å². The van der Waals surface area contributed by atoms with Crippen LogP contribution in [0.25, 0.3) is 22.0 Å². The lowest BCUT2D eigenvalue weighted by atomic mass is 9.92. The third-order valence-electron chi connectivity index (χ3n) is 4.77. The number of carbonyl (C=O) groups is 1. The van der Waals surface area contributed by atoms with Gasteiger partial charge in [-0.25, -0.2) is 9.97 Å². The highest BCUT2D eigenvalue weighted by Gasteiger charge is 2.28. The van der Waals surface area contributed by atoms with Gasteiger partial charge in [0.25, 0.3) is 5.91 Å². The lowest BCUT2D eigenvalue weighted by molar-refractivity contribution is -0.124. The van der Waals surface area contributed by atoms with Crippen molar-refractivity contribution in [2.45, 2.75) is 12.3 Å². The number of benzene rings is 1. The molecule has 1 N–H and O–H groups in total. The van der Waals surface area contributed by atoms with Crippen molar-refractivity contribution in [2.24, 2.45) is 0 Å². The molecule has 3 heterocycles. The van der Waals surface area contributed by atoms with Gasteiger partial charge in [-0.05, 0) is 41.6 Å². The Morgan fingerprint density at radius 3 is 3.00 bits per heavy atom. The zero-order chi connectivity index (χ0) is 17.9. The zero-order valence-electron chi connectivity index (χ0n) is 14.1. The number of nitrogens with zero attached hydrogens (tertiary/aromatic N) is 4. The van der Waals surface area contributed by atoms with E-state index >= 15 is 0 Å². The Balaban J connectivity index is 1.77. The van der Waals surface area contributed by atoms with Gasteiger partial charge in [-0.2, -0.15) is 0 Å². The molecule has 1 fully saturated rings. The molecule has 128 valence electrons. The van der Waals surface area contributed by atoms with Gasteiger partial charge < -0.3 is 4.90 Å². The first-order valence-electron chi connectivity index (χ1n) is 8.44. The zero-order valence-corrected chi connectivity index (χ0v) is 14.1. The largest absolute Gasteiger partial charge is 0.338 e. The summed E-state index contributed by atoms with van der Waals surface area (Å²) in [5.41, 5.74) is 4.16. The van der Waals surface area contributed by atoms with Crippen molar-refractivity contribution in [1.29, 1.82) is 5.41 Å². The van der Waals surface area contributed by atoms with Crippen molar-refractivity contribution in [3.63, 3.8) is 0 Å². The Labute approximate surface area is 150 Å². The first-order chi connectivity index (χ1) is 12.8. The number of aromatic nitrogens is 3. The second kappa shape index (κ2) is 6.86. The van der Waals surface area contributed by atoms with E-state index in [1.165, 1.54) is 6.08 Å². The fraction of sp³-hybridized carbons (Fsp3) is 0.200. The first kappa shape index (κ1) is 16.1. The number of rotatable bonds is 3. The van der Waals surface area contributed by atoms with E-state index in [0.29, 0.717) is 13.1 Å². The average molecular weight is 343 g/mol. The lowest BCUT2D eigenvalue weighted by Crippen LogP contribution is -2.26. The molecule has 0 bridgehead atoms. The second-order valence-corrected chi connectivity index (χ2v) is 6.33. The number of fused-ring (bicyclic) bond motifs is 1. The van der Waals surface area contributed by atoms with Crippen LogP contribution in [0.4, 0.5) is 0 Å². The molecule has 26 heavy (non-hydrogen) atoms. The molecule has 6 heteroatoms. The Bertz CT molecular complexity index is 1010. The summed E-state index contributed by atoms with van der Waals surface area (Å²) in [5.74, 6) is 2.10. The molecule has 1 saturated heterocycles. The van der Waals surface area contributed by atoms with Gasteiger partial charge in [-0.1, -0.05) is 6.07 Å². The van der Waals surface area contributed by atoms with Crippen LogP contribution < -0.4 is 0 Å². The Kier molecular flexibility index (Phi) is 4.25. The molecule has 1 unspecified atom stereocenters. The van der Waals surface area contributed by atoms with E-state index in [9.17, 15) is 4.79 Å². The Morgan fingerprint density at radius 2 is 2.19 bits per heavy atom. The number of amides is 1. The molecular formula is C20H17N5O. The van der Waals surface area contributed by atoms with Crippen molar-refractivity contribution in [3.05, 3.63) is 60.8 Å². The standard InChI is InChI=1S/C20H17N5O/c21-5-3-19(26)25-7-4-15(12-25)18-9-16(14-2-1-6-22-10-14)8-17-11-23-13-24-20(17)18/h1-3,6,8-11,13,15,21H,4,7,12H2. The van der Waals surface area contributed by atoms with Gasteiger partial charge in [0.05, 0.1) is 11.6 Å². The van der Waals surface area contributed by atoms with E-state index in [1.54, 1.807) is 17.4 Å². The summed E-state index contributed by atoms with van der Waals surface area (Å²) in [6, 6.07) is 8.17. The molecule has 1 atom stereocenters. The minimum absolute atomic E-state index is 0.162. The van der Waals surface area contributed by atoms with Crippen LogP contribution in [0.1, 0.15) is 17.9 Å². The van der Waals surface area contributed by atoms with Crippen molar-refractivity contribution >= 4 is 22.7 Å². The highest BCUT2D eigenvalue weighted by molar-refractivity contribution is 5.95. The SMILES string of the molecule is N=C=CC(=O)N1CCC(c2cc(-c3cccnc3)cc3cncnc23)C1. The van der Waals surface area contributed by atoms with E-state index in [0.717, 1.165) is 34.0 Å². The third kappa shape index (κ3) is 2.98. The number of hydrogen-bond acceptors (Lipinski definition) is 5. The number of likely N-dealkylation sites (tertiary alicyclic amines) is 1. The van der Waals surface area contributed by atoms with Crippen molar-refractivity contribution in [3.8, 4) is 11.1 Å². The quantitative estimate of drug-likeness (QED) is 0.585. The number of pyridine rings is 1. The highest BCUT2D eigenvalue weighted by atomic mass is 16.2. The van der Waals surface area contributed by atoms with Gasteiger partial charge in [0.15, 0.2) is 0 Å². The number of nitrogens with one attached hydrogen (secondary N) is 1. The van der Waals surface area contributed by atoms with Crippen molar-refractivity contribution < 1.29 is 4.79 Å². The minimum Gasteiger partial charge on any atom is -0.338 e. The van der Waals surface area contributed by atoms with Gasteiger partial charge >= 0.3 is 0 Å². The van der Waals surface area contributed by atoms with Crippen molar-refractivity contribution in [1.82, 2.24) is 19.9 Å². The number of carbonyl (C=O) groups excluding carboxylic acids is 1. The smallest absolute Gasteiger partial charge is 0.255 e. The summed E-state index contributed by atoms with van der Waals surface area (Å²) in [4.78, 5) is 26.6. The van der Waals surface area contributed by atoms with Crippen LogP contribution in [0, 0.1) is 5.41 Å². The second-order valence-electron chi connectivity index (χ2n) is 6.33. The van der Waals surface area contributed by atoms with Crippen LogP contribution in [0.2, 0.25) is 0 Å². The van der Waals surface area contributed by atoms with E-state index in [2.05, 4.69) is 33.0 Å². The molecule has 1 aliphatic heterocycles. The summed E-state index contributed by atoms with van der Waals surface area (Å²) < 4.78 is 0. The predicted molar refractivity (Wildman–Crippen MR) is 99.0 cm³/mol. The molecule has 6 nitrogen and oxygen atoms in total. The summed E-state index contributed by atoms with van der Waals surface area (Å²) >= 11 is 0. The summed E-state index contributed by atoms with van der Waals surface area (Å²) in [5, 5.41) is 7.95. The maximum Gasteiger partial charge on any atom is 0.255 e. The minimum atomic E-state index is -0.162. The molecule has 4 rings (SSSR count). The molecule has 1 amide bonds. The normalized spacial score (nSPS) is 16.5. The Hall–Kier alpha value is -3.37. The van der Waals surface area contributed by atoms with E-state index in [-0.39, 0.29) is 11.8 Å². The van der Waals surface area contributed by atoms with E-state index in [1.807, 2.05) is 24.5 Å². The van der Waals surface area contributed by atoms with Crippen LogP contribution in [0.15, 0.2) is 55.3 Å². The number of hydrogen-bond donors (Lipinski definition) is 1. The molecule has 1 aromatic carbocycles. The summed E-state index contributed by atoms with van der Waals surface area (Å²) in [6.07, 6.45) is 9.02. The lowest BCUT2D eigenvalue weighted by Gasteiger charge is -2.16. The van der Waals surface area contributed by atoms with Crippen molar-refractivity contribution in [2.75, 3.05) is 13.1 Å². The fourth-order valence-corrected chi connectivity index (χ4v) is 3.51. The Morgan fingerprint density at radius 1 is 1.27 bits per heavy atom. The molecule has 0 aliphatic carbocycles. The molecule has 0 radical (unpaired) electrons. The van der Waals surface area contributed by atoms with Gasteiger partial charge in [0.2, 0.25) is 0 Å². The van der Waals surface area contributed by atoms with Crippen LogP contribution in [-0.4, -0.2) is 44.7 Å². The molecule has 3 aromatic rings. The molecule has 0 spiro atoms. The summed E-state index contributed by atoms with van der Waals surface area (Å²) in [6.45, 7) is 1.29. The molecular weight excluding hydrogens is 326 g/mol. The maximum atomic E-state index is 12.0. The molecule has 2 aromatic heterocycles. The monoisotopic (exact) mass is 343 g/mol. The van der Waals surface area contributed by atoms with Crippen LogP contribution >= 0.6 is 0 Å². The molecule has 1 aliphatic rings. The van der Waals surface area contributed by atoms with Crippen LogP contribution in [0.5, 0.6) is 0 Å². The molecule has 0 saturated carbocycles. The van der Waals surface area contributed by atoms with Gasteiger partial charge in [-0.3, -0.25) is 15.2 Å². The fourth-order valence-electron chi connectivity index (χ4n) is 3.51. The van der Waals surface area contributed by atoms with Gasteiger partial charge in [-0.15, -0.1) is 0 Å². The van der Waals surface area contributed by atoms with Crippen LogP contribution in [-0.2, 0) is 4.79 Å². The van der Waals surface area contributed by atoms with Crippen LogP contribution in [0.3, 0.4) is 0 Å². The van der Waals surface area contributed by atoms with Gasteiger partial charge in [0.1, 0.15) is 6.33 Å². The highest BCUT2D eigenvalue weighted by Crippen LogP contribution is 2.35. The van der Waals surface area contributed by atoms with E-state index in [4.69, 9.17) is 5.41 Å². The third-order valence-corrected chi connectivity index (χ3v) is 4.77. The van der Waals surface area contributed by atoms with Gasteiger partial charge in [0, 0.05) is 48.5 Å². The predicted octanol–water partition coefficient (Wildman–Crippen LogP) is 2.81. The first-order valence-corrected chi connectivity index (χ1v) is 8.44. The maximum absolute atomic E-state index is 12.0. The summed E-state index contributed by atoms with van der Waals surface area (Å²) in [7, 11) is 0. The average Bonchev–Trinajstić information content (AvgIpc) is 3.18. The van der Waals surface area contributed by atoms with E-state index < -0.39 is 0 Å².